The van der Waals surface area contributed by atoms with Gasteiger partial charge in [0.15, 0.2) is 0 Å². The predicted octanol–water partition coefficient (Wildman–Crippen LogP) is 1.15. The van der Waals surface area contributed by atoms with Gasteiger partial charge in [-0.1, -0.05) is 12.2 Å². The van der Waals surface area contributed by atoms with Crippen molar-refractivity contribution in [2.75, 3.05) is 6.61 Å². The summed E-state index contributed by atoms with van der Waals surface area (Å²) in [6.07, 6.45) is 5.48. The Morgan fingerprint density at radius 2 is 2.29 bits per heavy atom. The molecule has 0 unspecified atom stereocenters. The van der Waals surface area contributed by atoms with E-state index in [1.54, 1.807) is 6.08 Å². The zero-order valence-corrected chi connectivity index (χ0v) is 4.43. The number of hydrogen-bond acceptors (Lipinski definition) is 1. The monoisotopic (exact) mass is 99.1 g/mol. The number of rotatable bonds is 3. The molecule has 0 aliphatic heterocycles. The van der Waals surface area contributed by atoms with Crippen LogP contribution in [0.25, 0.3) is 0 Å². The molecule has 0 saturated carbocycles. The molecule has 0 aliphatic carbocycles. The molecule has 0 aromatic heterocycles. The molecule has 0 fully saturated rings. The summed E-state index contributed by atoms with van der Waals surface area (Å²) in [4.78, 5) is 0. The Bertz CT molecular complexity index is 48.1. The summed E-state index contributed by atoms with van der Waals surface area (Å²) in [5, 5.41) is 8.24. The molecule has 0 saturated heterocycles. The molecule has 7 heavy (non-hydrogen) atoms. The number of allylic oxidation sites excluding steroid dienone is 2. The first-order valence-electron chi connectivity index (χ1n) is 2.47. The third-order valence-corrected chi connectivity index (χ3v) is 0.696. The summed E-state index contributed by atoms with van der Waals surface area (Å²) in [6, 6.07) is 0. The summed E-state index contributed by atoms with van der Waals surface area (Å²) in [7, 11) is 0. The lowest BCUT2D eigenvalue weighted by atomic mass is 10.3. The largest absolute Gasteiger partial charge is 0.396 e. The van der Waals surface area contributed by atoms with Gasteiger partial charge in [-0.2, -0.15) is 0 Å². The maximum Gasteiger partial charge on any atom is 0.0433 e. The van der Waals surface area contributed by atoms with Crippen molar-refractivity contribution >= 4 is 0 Å². The average Bonchev–Trinajstić information content (AvgIpc) is 1.69. The maximum absolute atomic E-state index is 8.24. The molecule has 0 bridgehead atoms. The van der Waals surface area contributed by atoms with Crippen molar-refractivity contribution < 1.29 is 5.11 Å². The van der Waals surface area contributed by atoms with Crippen LogP contribution in [0.2, 0.25) is 0 Å². The Balaban J connectivity index is 2.69. The van der Waals surface area contributed by atoms with Crippen LogP contribution in [-0.2, 0) is 0 Å². The van der Waals surface area contributed by atoms with Crippen LogP contribution in [0.15, 0.2) is 12.2 Å². The Hall–Kier alpha value is -0.300. The van der Waals surface area contributed by atoms with Gasteiger partial charge in [-0.3, -0.25) is 0 Å². The van der Waals surface area contributed by atoms with Crippen molar-refractivity contribution in [1.82, 2.24) is 0 Å². The molecule has 0 aliphatic rings. The quantitative estimate of drug-likeness (QED) is 0.526. The van der Waals surface area contributed by atoms with Crippen LogP contribution in [0.3, 0.4) is 0 Å². The third kappa shape index (κ3) is 5.70. The molecule has 0 rings (SSSR count). The lowest BCUT2D eigenvalue weighted by Gasteiger charge is -1.83. The Labute approximate surface area is 44.7 Å². The smallest absolute Gasteiger partial charge is 0.0433 e. The molecular weight excluding hydrogens is 88.1 g/mol. The molecule has 0 heterocycles. The van der Waals surface area contributed by atoms with Crippen LogP contribution in [0.1, 0.15) is 12.8 Å². The second kappa shape index (κ2) is 5.70. The van der Waals surface area contributed by atoms with Crippen LogP contribution < -0.4 is 0 Å². The fraction of sp³-hybridized carbons (Fsp3) is 0.500. The number of aliphatic hydroxyl groups is 1. The standard InChI is InChI=1S/C6H11O/c1-2-3-4-5-6-7/h2-3,7H,1,4-6H2. The second-order valence-corrected chi connectivity index (χ2v) is 1.34. The highest BCUT2D eigenvalue weighted by Gasteiger charge is 1.74. The molecule has 0 atom stereocenters. The van der Waals surface area contributed by atoms with Crippen molar-refractivity contribution in [2.45, 2.75) is 12.8 Å². The van der Waals surface area contributed by atoms with Crippen molar-refractivity contribution in [1.29, 1.82) is 0 Å². The van der Waals surface area contributed by atoms with Crippen LogP contribution in [0, 0.1) is 6.92 Å². The summed E-state index contributed by atoms with van der Waals surface area (Å²) >= 11 is 0. The lowest BCUT2D eigenvalue weighted by Crippen LogP contribution is -1.77. The molecule has 0 amide bonds. The molecule has 0 aromatic carbocycles. The number of aliphatic hydroxyl groups excluding tert-OH is 1. The van der Waals surface area contributed by atoms with Gasteiger partial charge in [0.25, 0.3) is 0 Å². The fourth-order valence-electron chi connectivity index (χ4n) is 0.327. The molecule has 1 heteroatoms. The van der Waals surface area contributed by atoms with E-state index in [2.05, 4.69) is 6.92 Å². The molecule has 41 valence electrons. The van der Waals surface area contributed by atoms with Gasteiger partial charge in [0.2, 0.25) is 0 Å². The first-order chi connectivity index (χ1) is 3.41. The van der Waals surface area contributed by atoms with Gasteiger partial charge in [0, 0.05) is 6.61 Å². The van der Waals surface area contributed by atoms with E-state index in [1.165, 1.54) is 0 Å². The molecular formula is C6H11O. The van der Waals surface area contributed by atoms with Gasteiger partial charge < -0.3 is 5.11 Å². The van der Waals surface area contributed by atoms with Crippen LogP contribution in [0.4, 0.5) is 0 Å². The van der Waals surface area contributed by atoms with Crippen molar-refractivity contribution in [3.05, 3.63) is 19.1 Å². The molecule has 0 aromatic rings. The van der Waals surface area contributed by atoms with E-state index in [9.17, 15) is 0 Å². The van der Waals surface area contributed by atoms with Gasteiger partial charge in [0.1, 0.15) is 0 Å². The normalized spacial score (nSPS) is 10.6. The predicted molar refractivity (Wildman–Crippen MR) is 30.8 cm³/mol. The van der Waals surface area contributed by atoms with Crippen LogP contribution in [0.5, 0.6) is 0 Å². The minimum absolute atomic E-state index is 0.282. The highest BCUT2D eigenvalue weighted by molar-refractivity contribution is 4.82. The first kappa shape index (κ1) is 6.70. The van der Waals surface area contributed by atoms with Crippen LogP contribution in [-0.4, -0.2) is 11.7 Å². The van der Waals surface area contributed by atoms with Gasteiger partial charge in [0.05, 0.1) is 0 Å². The van der Waals surface area contributed by atoms with Gasteiger partial charge in [-0.15, -0.1) is 0 Å². The zero-order chi connectivity index (χ0) is 5.54. The van der Waals surface area contributed by atoms with Crippen LogP contribution >= 0.6 is 0 Å². The topological polar surface area (TPSA) is 20.2 Å². The summed E-state index contributed by atoms with van der Waals surface area (Å²) < 4.78 is 0. The van der Waals surface area contributed by atoms with E-state index < -0.39 is 0 Å². The minimum atomic E-state index is 0.282. The fourth-order valence-corrected chi connectivity index (χ4v) is 0.327. The van der Waals surface area contributed by atoms with E-state index in [0.29, 0.717) is 0 Å². The average molecular weight is 99.2 g/mol. The number of hydrogen-bond donors (Lipinski definition) is 1. The Morgan fingerprint density at radius 3 is 2.71 bits per heavy atom. The summed E-state index contributed by atoms with van der Waals surface area (Å²) in [6.45, 7) is 3.78. The maximum atomic E-state index is 8.24. The van der Waals surface area contributed by atoms with Crippen molar-refractivity contribution in [3.8, 4) is 0 Å². The van der Waals surface area contributed by atoms with E-state index >= 15 is 0 Å². The lowest BCUT2D eigenvalue weighted by molar-refractivity contribution is 0.289. The highest BCUT2D eigenvalue weighted by atomic mass is 16.2. The van der Waals surface area contributed by atoms with Gasteiger partial charge in [-0.05, 0) is 19.8 Å². The third-order valence-electron chi connectivity index (χ3n) is 0.696. The second-order valence-electron chi connectivity index (χ2n) is 1.34. The molecule has 0 spiro atoms. The zero-order valence-electron chi connectivity index (χ0n) is 4.43. The van der Waals surface area contributed by atoms with Crippen molar-refractivity contribution in [3.63, 3.8) is 0 Å². The Morgan fingerprint density at radius 1 is 1.57 bits per heavy atom. The molecule has 1 N–H and O–H groups in total. The van der Waals surface area contributed by atoms with Gasteiger partial charge >= 0.3 is 0 Å². The summed E-state index contributed by atoms with van der Waals surface area (Å²) in [5.74, 6) is 0. The SMILES string of the molecule is [CH2]C=CCCCO. The van der Waals surface area contributed by atoms with E-state index in [-0.39, 0.29) is 6.61 Å². The first-order valence-corrected chi connectivity index (χ1v) is 2.47. The van der Waals surface area contributed by atoms with Crippen molar-refractivity contribution in [2.24, 2.45) is 0 Å². The van der Waals surface area contributed by atoms with E-state index in [1.807, 2.05) is 6.08 Å². The summed E-state index contributed by atoms with van der Waals surface area (Å²) in [5.41, 5.74) is 0. The number of unbranched alkanes of at least 4 members (excludes halogenated alkanes) is 1. The van der Waals surface area contributed by atoms with E-state index in [4.69, 9.17) is 5.11 Å². The molecule has 1 radical (unpaired) electrons. The van der Waals surface area contributed by atoms with E-state index in [0.717, 1.165) is 12.8 Å². The minimum Gasteiger partial charge on any atom is -0.396 e. The molecule has 1 nitrogen and oxygen atoms in total. The Kier molecular flexibility index (Phi) is 5.46. The highest BCUT2D eigenvalue weighted by Crippen LogP contribution is 1.86. The van der Waals surface area contributed by atoms with Gasteiger partial charge in [-0.25, -0.2) is 0 Å².